The van der Waals surface area contributed by atoms with Crippen molar-refractivity contribution in [1.82, 2.24) is 10.0 Å². The van der Waals surface area contributed by atoms with E-state index in [1.165, 1.54) is 12.1 Å². The SMILES string of the molecule is CCC(N)(CC)CNC(=O)c1cc(S(=O)(=O)NC2CC2)ccc1C.Cl. The molecule has 0 aliphatic heterocycles. The minimum absolute atomic E-state index is 0. The average Bonchev–Trinajstić information content (AvgIpc) is 3.35. The number of nitrogens with two attached hydrogens (primary N) is 1. The van der Waals surface area contributed by atoms with Gasteiger partial charge in [-0.15, -0.1) is 12.4 Å². The first-order chi connectivity index (χ1) is 11.2. The number of carbonyl (C=O) groups is 1. The van der Waals surface area contributed by atoms with Crippen molar-refractivity contribution in [2.75, 3.05) is 6.54 Å². The first-order valence-corrected chi connectivity index (χ1v) is 9.89. The molecule has 1 amide bonds. The number of hydrogen-bond acceptors (Lipinski definition) is 4. The number of rotatable bonds is 8. The Morgan fingerprint density at radius 2 is 1.88 bits per heavy atom. The summed E-state index contributed by atoms with van der Waals surface area (Å²) >= 11 is 0. The van der Waals surface area contributed by atoms with E-state index in [1.807, 2.05) is 13.8 Å². The second kappa shape index (κ2) is 8.49. The number of carbonyl (C=O) groups excluding carboxylic acids is 1. The lowest BCUT2D eigenvalue weighted by Crippen LogP contribution is -2.49. The highest BCUT2D eigenvalue weighted by Crippen LogP contribution is 2.23. The van der Waals surface area contributed by atoms with Crippen LogP contribution in [0.4, 0.5) is 0 Å². The largest absolute Gasteiger partial charge is 0.350 e. The third-order valence-corrected chi connectivity index (χ3v) is 6.19. The molecule has 1 aliphatic rings. The molecule has 1 aliphatic carbocycles. The van der Waals surface area contributed by atoms with Crippen LogP contribution in [0.1, 0.15) is 55.5 Å². The minimum Gasteiger partial charge on any atom is -0.350 e. The van der Waals surface area contributed by atoms with E-state index < -0.39 is 15.6 Å². The van der Waals surface area contributed by atoms with E-state index in [1.54, 1.807) is 13.0 Å². The maximum Gasteiger partial charge on any atom is 0.251 e. The molecule has 25 heavy (non-hydrogen) atoms. The van der Waals surface area contributed by atoms with E-state index in [4.69, 9.17) is 5.73 Å². The highest BCUT2D eigenvalue weighted by atomic mass is 35.5. The number of sulfonamides is 1. The third-order valence-electron chi connectivity index (χ3n) is 4.67. The zero-order valence-corrected chi connectivity index (χ0v) is 16.6. The Morgan fingerprint density at radius 3 is 2.40 bits per heavy atom. The van der Waals surface area contributed by atoms with Gasteiger partial charge in [-0.25, -0.2) is 13.1 Å². The molecule has 0 radical (unpaired) electrons. The van der Waals surface area contributed by atoms with Gasteiger partial charge in [0.1, 0.15) is 0 Å². The monoisotopic (exact) mass is 389 g/mol. The van der Waals surface area contributed by atoms with Crippen LogP contribution >= 0.6 is 12.4 Å². The molecule has 4 N–H and O–H groups in total. The fraction of sp³-hybridized carbons (Fsp3) is 0.588. The summed E-state index contributed by atoms with van der Waals surface area (Å²) in [7, 11) is -3.58. The maximum absolute atomic E-state index is 12.5. The zero-order chi connectivity index (χ0) is 18.0. The standard InChI is InChI=1S/C17H27N3O3S.ClH/c1-4-17(18,5-2)11-19-16(21)15-10-14(9-6-12(15)3)24(22,23)20-13-7-8-13;/h6,9-10,13,20H,4-5,7-8,11,18H2,1-3H3,(H,19,21);1H. The molecule has 6 nitrogen and oxygen atoms in total. The number of nitrogens with one attached hydrogen (secondary N) is 2. The smallest absolute Gasteiger partial charge is 0.251 e. The van der Waals surface area contributed by atoms with Crippen molar-refractivity contribution in [2.45, 2.75) is 62.9 Å². The Hall–Kier alpha value is -1.15. The number of amides is 1. The van der Waals surface area contributed by atoms with Crippen LogP contribution in [0.25, 0.3) is 0 Å². The summed E-state index contributed by atoms with van der Waals surface area (Å²) in [6.07, 6.45) is 3.24. The number of aryl methyl sites for hydroxylation is 1. The van der Waals surface area contributed by atoms with E-state index in [0.29, 0.717) is 12.1 Å². The van der Waals surface area contributed by atoms with Crippen LogP contribution in [-0.4, -0.2) is 32.5 Å². The first-order valence-electron chi connectivity index (χ1n) is 8.41. The molecule has 1 aromatic carbocycles. The van der Waals surface area contributed by atoms with Gasteiger partial charge in [-0.1, -0.05) is 19.9 Å². The molecule has 1 saturated carbocycles. The molecule has 0 heterocycles. The van der Waals surface area contributed by atoms with Crippen LogP contribution in [0.3, 0.4) is 0 Å². The molecule has 0 aromatic heterocycles. The molecular weight excluding hydrogens is 362 g/mol. The number of benzene rings is 1. The van der Waals surface area contributed by atoms with Crippen molar-refractivity contribution in [2.24, 2.45) is 5.73 Å². The predicted molar refractivity (Wildman–Crippen MR) is 102 cm³/mol. The molecule has 0 unspecified atom stereocenters. The van der Waals surface area contributed by atoms with Gasteiger partial charge < -0.3 is 11.1 Å². The van der Waals surface area contributed by atoms with Gasteiger partial charge in [0.15, 0.2) is 0 Å². The quantitative estimate of drug-likeness (QED) is 0.633. The second-order valence-electron chi connectivity index (χ2n) is 6.62. The molecule has 2 rings (SSSR count). The Bertz CT molecular complexity index is 714. The Kier molecular flexibility index (Phi) is 7.43. The van der Waals surface area contributed by atoms with Crippen LogP contribution in [0.5, 0.6) is 0 Å². The van der Waals surface area contributed by atoms with Crippen molar-refractivity contribution < 1.29 is 13.2 Å². The van der Waals surface area contributed by atoms with Crippen molar-refractivity contribution in [3.8, 4) is 0 Å². The maximum atomic E-state index is 12.5. The highest BCUT2D eigenvalue weighted by molar-refractivity contribution is 7.89. The second-order valence-corrected chi connectivity index (χ2v) is 8.34. The summed E-state index contributed by atoms with van der Waals surface area (Å²) in [6.45, 7) is 6.11. The summed E-state index contributed by atoms with van der Waals surface area (Å²) in [5.74, 6) is -0.298. The average molecular weight is 390 g/mol. The van der Waals surface area contributed by atoms with Crippen LogP contribution in [-0.2, 0) is 10.0 Å². The molecule has 1 aromatic rings. The summed E-state index contributed by atoms with van der Waals surface area (Å²) < 4.78 is 27.3. The molecular formula is C17H28ClN3O3S. The first kappa shape index (κ1) is 21.9. The van der Waals surface area contributed by atoms with E-state index in [2.05, 4.69) is 10.0 Å². The number of hydrogen-bond donors (Lipinski definition) is 3. The zero-order valence-electron chi connectivity index (χ0n) is 15.0. The normalized spacial score (nSPS) is 14.7. The molecule has 1 fully saturated rings. The van der Waals surface area contributed by atoms with Crippen molar-refractivity contribution in [1.29, 1.82) is 0 Å². The highest BCUT2D eigenvalue weighted by Gasteiger charge is 2.29. The fourth-order valence-electron chi connectivity index (χ4n) is 2.35. The van der Waals surface area contributed by atoms with Gasteiger partial charge in [-0.3, -0.25) is 4.79 Å². The van der Waals surface area contributed by atoms with Gasteiger partial charge in [0.25, 0.3) is 5.91 Å². The molecule has 0 spiro atoms. The summed E-state index contributed by atoms with van der Waals surface area (Å²) in [6, 6.07) is 4.65. The van der Waals surface area contributed by atoms with E-state index in [-0.39, 0.29) is 29.3 Å². The summed E-state index contributed by atoms with van der Waals surface area (Å²) in [5.41, 5.74) is 6.85. The molecule has 0 saturated heterocycles. The van der Waals surface area contributed by atoms with Crippen LogP contribution < -0.4 is 15.8 Å². The Balaban J connectivity index is 0.00000312. The van der Waals surface area contributed by atoms with Gasteiger partial charge >= 0.3 is 0 Å². The van der Waals surface area contributed by atoms with Crippen LogP contribution in [0, 0.1) is 6.92 Å². The summed E-state index contributed by atoms with van der Waals surface area (Å²) in [5, 5.41) is 2.83. The Morgan fingerprint density at radius 1 is 1.28 bits per heavy atom. The molecule has 0 bridgehead atoms. The third kappa shape index (κ3) is 5.67. The van der Waals surface area contributed by atoms with Crippen molar-refractivity contribution >= 4 is 28.3 Å². The van der Waals surface area contributed by atoms with Gasteiger partial charge in [-0.05, 0) is 50.3 Å². The lowest BCUT2D eigenvalue weighted by molar-refractivity contribution is 0.0941. The molecule has 8 heteroatoms. The lowest BCUT2D eigenvalue weighted by Gasteiger charge is -2.27. The van der Waals surface area contributed by atoms with Crippen LogP contribution in [0.2, 0.25) is 0 Å². The van der Waals surface area contributed by atoms with Gasteiger partial charge in [0, 0.05) is 23.7 Å². The van der Waals surface area contributed by atoms with Gasteiger partial charge in [0.2, 0.25) is 10.0 Å². The van der Waals surface area contributed by atoms with E-state index >= 15 is 0 Å². The lowest BCUT2D eigenvalue weighted by atomic mass is 9.94. The predicted octanol–water partition coefficient (Wildman–Crippen LogP) is 2.10. The fourth-order valence-corrected chi connectivity index (χ4v) is 3.68. The molecule has 0 atom stereocenters. The van der Waals surface area contributed by atoms with Crippen molar-refractivity contribution in [3.63, 3.8) is 0 Å². The van der Waals surface area contributed by atoms with E-state index in [9.17, 15) is 13.2 Å². The van der Waals surface area contributed by atoms with E-state index in [0.717, 1.165) is 31.2 Å². The minimum atomic E-state index is -3.58. The van der Waals surface area contributed by atoms with Crippen molar-refractivity contribution in [3.05, 3.63) is 29.3 Å². The van der Waals surface area contributed by atoms with Gasteiger partial charge in [0.05, 0.1) is 4.90 Å². The number of halogens is 1. The topological polar surface area (TPSA) is 101 Å². The Labute approximate surface area is 156 Å². The molecule has 142 valence electrons. The van der Waals surface area contributed by atoms with Gasteiger partial charge in [-0.2, -0.15) is 0 Å². The summed E-state index contributed by atoms with van der Waals surface area (Å²) in [4.78, 5) is 12.6. The van der Waals surface area contributed by atoms with Crippen LogP contribution in [0.15, 0.2) is 23.1 Å².